The predicted octanol–water partition coefficient (Wildman–Crippen LogP) is 1.32. The summed E-state index contributed by atoms with van der Waals surface area (Å²) in [6.07, 6.45) is 7.93. The van der Waals surface area contributed by atoms with Crippen molar-refractivity contribution in [3.63, 3.8) is 0 Å². The molecule has 6 nitrogen and oxygen atoms in total. The molecule has 3 heterocycles. The average Bonchev–Trinajstić information content (AvgIpc) is 3.07. The zero-order valence-electron chi connectivity index (χ0n) is 13.5. The Balaban J connectivity index is 1.51. The zero-order valence-corrected chi connectivity index (χ0v) is 13.5. The Hall–Kier alpha value is -1.40. The van der Waals surface area contributed by atoms with Crippen LogP contribution >= 0.6 is 0 Å². The van der Waals surface area contributed by atoms with Crippen LogP contribution in [0.1, 0.15) is 32.6 Å². The molecule has 2 aliphatic rings. The second-order valence-corrected chi connectivity index (χ2v) is 6.56. The number of hydrogen-bond acceptors (Lipinski definition) is 4. The zero-order chi connectivity index (χ0) is 15.5. The van der Waals surface area contributed by atoms with E-state index in [0.29, 0.717) is 6.04 Å². The van der Waals surface area contributed by atoms with Crippen molar-refractivity contribution in [1.82, 2.24) is 15.1 Å². The molecule has 1 amide bonds. The van der Waals surface area contributed by atoms with Gasteiger partial charge in [0.1, 0.15) is 0 Å². The number of carbonyl (C=O) groups excluding carboxylic acids is 1. The number of ether oxygens (including phenoxy) is 1. The first-order chi connectivity index (χ1) is 10.6. The third kappa shape index (κ3) is 3.50. The molecule has 2 aliphatic heterocycles. The van der Waals surface area contributed by atoms with E-state index in [-0.39, 0.29) is 11.9 Å². The molecule has 0 bridgehead atoms. The van der Waals surface area contributed by atoms with Crippen LogP contribution in [0.5, 0.6) is 0 Å². The molecule has 1 N–H and O–H groups in total. The summed E-state index contributed by atoms with van der Waals surface area (Å²) in [7, 11) is 1.87. The van der Waals surface area contributed by atoms with Crippen LogP contribution in [-0.4, -0.2) is 47.5 Å². The monoisotopic (exact) mass is 306 g/mol. The van der Waals surface area contributed by atoms with Crippen molar-refractivity contribution in [3.8, 4) is 0 Å². The van der Waals surface area contributed by atoms with Crippen molar-refractivity contribution < 1.29 is 9.53 Å². The number of hydrogen-bond donors (Lipinski definition) is 1. The van der Waals surface area contributed by atoms with Gasteiger partial charge < -0.3 is 15.0 Å². The summed E-state index contributed by atoms with van der Waals surface area (Å²) in [4.78, 5) is 14.4. The molecule has 1 aromatic heterocycles. The van der Waals surface area contributed by atoms with Gasteiger partial charge in [0.2, 0.25) is 5.91 Å². The number of carbonyl (C=O) groups is 1. The fourth-order valence-corrected chi connectivity index (χ4v) is 3.53. The number of nitrogens with one attached hydrogen (secondary N) is 1. The van der Waals surface area contributed by atoms with Crippen LogP contribution in [0.15, 0.2) is 12.4 Å². The van der Waals surface area contributed by atoms with Crippen LogP contribution in [0.25, 0.3) is 0 Å². The maximum atomic E-state index is 12.5. The summed E-state index contributed by atoms with van der Waals surface area (Å²) < 4.78 is 7.14. The van der Waals surface area contributed by atoms with Gasteiger partial charge >= 0.3 is 0 Å². The summed E-state index contributed by atoms with van der Waals surface area (Å²) in [6, 6.07) is 0.306. The number of rotatable bonds is 5. The third-order valence-electron chi connectivity index (χ3n) is 4.72. The van der Waals surface area contributed by atoms with Crippen LogP contribution < -0.4 is 10.2 Å². The Bertz CT molecular complexity index is 510. The molecular formula is C16H26N4O2. The molecule has 0 aromatic carbocycles. The van der Waals surface area contributed by atoms with Gasteiger partial charge in [-0.25, -0.2) is 0 Å². The van der Waals surface area contributed by atoms with Crippen LogP contribution in [0.2, 0.25) is 0 Å². The van der Waals surface area contributed by atoms with Crippen LogP contribution in [0, 0.1) is 5.92 Å². The van der Waals surface area contributed by atoms with Crippen molar-refractivity contribution in [2.75, 3.05) is 24.7 Å². The number of amides is 1. The molecule has 3 rings (SSSR count). The molecular weight excluding hydrogens is 280 g/mol. The van der Waals surface area contributed by atoms with E-state index in [0.717, 1.165) is 57.0 Å². The van der Waals surface area contributed by atoms with Crippen molar-refractivity contribution in [3.05, 3.63) is 12.4 Å². The number of aromatic nitrogens is 2. The molecule has 2 saturated heterocycles. The van der Waals surface area contributed by atoms with Gasteiger partial charge in [0.05, 0.1) is 17.9 Å². The highest BCUT2D eigenvalue weighted by Gasteiger charge is 2.34. The molecule has 0 unspecified atom stereocenters. The standard InChI is InChI=1S/C16H26N4O2/c1-12(9-13-4-7-22-8-5-13)18-15-3-6-20(16(15)21)14-10-17-19(2)11-14/h10-13,15,18H,3-9H2,1-2H3/t12-,15+/m0/s1. The first-order valence-electron chi connectivity index (χ1n) is 8.27. The molecule has 22 heavy (non-hydrogen) atoms. The predicted molar refractivity (Wildman–Crippen MR) is 84.7 cm³/mol. The van der Waals surface area contributed by atoms with Crippen molar-refractivity contribution >= 4 is 11.6 Å². The van der Waals surface area contributed by atoms with Gasteiger partial charge in [-0.15, -0.1) is 0 Å². The minimum absolute atomic E-state index is 0.0601. The highest BCUT2D eigenvalue weighted by molar-refractivity contribution is 5.99. The highest BCUT2D eigenvalue weighted by Crippen LogP contribution is 2.23. The first-order valence-corrected chi connectivity index (χ1v) is 8.27. The topological polar surface area (TPSA) is 59.4 Å². The minimum Gasteiger partial charge on any atom is -0.381 e. The lowest BCUT2D eigenvalue weighted by molar-refractivity contribution is -0.119. The number of nitrogens with zero attached hydrogens (tertiary/aromatic N) is 3. The van der Waals surface area contributed by atoms with Gasteiger partial charge in [-0.2, -0.15) is 5.10 Å². The maximum Gasteiger partial charge on any atom is 0.244 e. The lowest BCUT2D eigenvalue weighted by Crippen LogP contribution is -2.43. The fourth-order valence-electron chi connectivity index (χ4n) is 3.53. The van der Waals surface area contributed by atoms with E-state index in [2.05, 4.69) is 17.3 Å². The first kappa shape index (κ1) is 15.5. The molecule has 2 atom stereocenters. The highest BCUT2D eigenvalue weighted by atomic mass is 16.5. The molecule has 122 valence electrons. The Labute approximate surface area is 131 Å². The van der Waals surface area contributed by atoms with Gasteiger partial charge in [0, 0.05) is 39.0 Å². The molecule has 1 aromatic rings. The second kappa shape index (κ2) is 6.79. The Morgan fingerprint density at radius 3 is 2.86 bits per heavy atom. The van der Waals surface area contributed by atoms with Gasteiger partial charge in [-0.05, 0) is 38.5 Å². The second-order valence-electron chi connectivity index (χ2n) is 6.56. The summed E-state index contributed by atoms with van der Waals surface area (Å²) in [6.45, 7) is 4.73. The van der Waals surface area contributed by atoms with Gasteiger partial charge in [0.15, 0.2) is 0 Å². The van der Waals surface area contributed by atoms with Crippen LogP contribution in [0.4, 0.5) is 5.69 Å². The third-order valence-corrected chi connectivity index (χ3v) is 4.72. The molecule has 0 radical (unpaired) electrons. The smallest absolute Gasteiger partial charge is 0.244 e. The van der Waals surface area contributed by atoms with Crippen molar-refractivity contribution in [1.29, 1.82) is 0 Å². The molecule has 0 spiro atoms. The average molecular weight is 306 g/mol. The van der Waals surface area contributed by atoms with Crippen molar-refractivity contribution in [2.24, 2.45) is 13.0 Å². The molecule has 0 aliphatic carbocycles. The number of anilines is 1. The summed E-state index contributed by atoms with van der Waals surface area (Å²) in [5, 5.41) is 7.67. The van der Waals surface area contributed by atoms with E-state index >= 15 is 0 Å². The largest absolute Gasteiger partial charge is 0.381 e. The summed E-state index contributed by atoms with van der Waals surface area (Å²) >= 11 is 0. The lowest BCUT2D eigenvalue weighted by Gasteiger charge is -2.26. The maximum absolute atomic E-state index is 12.5. The number of aryl methyl sites for hydroxylation is 1. The van der Waals surface area contributed by atoms with Gasteiger partial charge in [-0.3, -0.25) is 9.48 Å². The Morgan fingerprint density at radius 2 is 2.18 bits per heavy atom. The summed E-state index contributed by atoms with van der Waals surface area (Å²) in [5.41, 5.74) is 0.897. The van der Waals surface area contributed by atoms with E-state index in [1.807, 2.05) is 18.1 Å². The van der Waals surface area contributed by atoms with Crippen LogP contribution in [-0.2, 0) is 16.6 Å². The minimum atomic E-state index is -0.0601. The lowest BCUT2D eigenvalue weighted by atomic mass is 9.93. The molecule has 0 saturated carbocycles. The Morgan fingerprint density at radius 1 is 1.41 bits per heavy atom. The van der Waals surface area contributed by atoms with Crippen molar-refractivity contribution in [2.45, 2.75) is 44.7 Å². The van der Waals surface area contributed by atoms with E-state index in [1.54, 1.807) is 10.9 Å². The SMILES string of the molecule is C[C@@H](CC1CCOCC1)N[C@@H]1CCN(c2cnn(C)c2)C1=O. The molecule has 2 fully saturated rings. The van der Waals surface area contributed by atoms with E-state index < -0.39 is 0 Å². The summed E-state index contributed by atoms with van der Waals surface area (Å²) in [5.74, 6) is 0.897. The van der Waals surface area contributed by atoms with Gasteiger partial charge in [0.25, 0.3) is 0 Å². The molecule has 6 heteroatoms. The fraction of sp³-hybridized carbons (Fsp3) is 0.750. The quantitative estimate of drug-likeness (QED) is 0.891. The Kier molecular flexibility index (Phi) is 4.78. The van der Waals surface area contributed by atoms with E-state index in [1.165, 1.54) is 0 Å². The van der Waals surface area contributed by atoms with E-state index in [9.17, 15) is 4.79 Å². The van der Waals surface area contributed by atoms with E-state index in [4.69, 9.17) is 4.74 Å². The normalized spacial score (nSPS) is 24.9. The van der Waals surface area contributed by atoms with Gasteiger partial charge in [-0.1, -0.05) is 0 Å². The van der Waals surface area contributed by atoms with Crippen LogP contribution in [0.3, 0.4) is 0 Å².